The molecule has 472 valence electrons. The van der Waals surface area contributed by atoms with E-state index in [1.165, 1.54) is 11.8 Å². The van der Waals surface area contributed by atoms with Crippen molar-refractivity contribution < 1.29 is 53.0 Å². The van der Waals surface area contributed by atoms with Gasteiger partial charge in [0.15, 0.2) is 0 Å². The Bertz CT molecular complexity index is 3280. The van der Waals surface area contributed by atoms with Crippen LogP contribution in [0.4, 0.5) is 21.0 Å². The molecule has 0 saturated heterocycles. The largest absolute Gasteiger partial charge is 0.478 e. The fraction of sp³-hybridized carbons (Fsp3) is 0.448. The molecule has 0 fully saturated rings. The number of rotatable bonds is 27. The minimum Gasteiger partial charge on any atom is -0.478 e. The number of urea groups is 1. The highest BCUT2D eigenvalue weighted by Gasteiger charge is 2.42. The minimum absolute atomic E-state index is 0.0913. The molecule has 1 aliphatic heterocycles. The van der Waals surface area contributed by atoms with Crippen molar-refractivity contribution in [2.75, 3.05) is 30.9 Å². The van der Waals surface area contributed by atoms with Crippen LogP contribution in [0.15, 0.2) is 103 Å². The Hall–Kier alpha value is -9.03. The number of aryl methyl sites for hydroxylation is 1. The van der Waals surface area contributed by atoms with Crippen LogP contribution in [0.2, 0.25) is 0 Å². The number of nitrogens with two attached hydrogens (primary N) is 1. The van der Waals surface area contributed by atoms with Gasteiger partial charge in [-0.25, -0.2) is 14.4 Å². The molecular weight excluding hydrogens is 1120 g/mol. The highest BCUT2D eigenvalue weighted by molar-refractivity contribution is 6.00. The van der Waals surface area contributed by atoms with Gasteiger partial charge in [-0.2, -0.15) is 0 Å². The van der Waals surface area contributed by atoms with E-state index in [1.54, 1.807) is 63.2 Å². The Balaban J connectivity index is 1.15. The molecule has 1 heterocycles. The molecule has 0 bridgehead atoms. The Morgan fingerprint density at radius 3 is 2.03 bits per heavy atom. The number of anilines is 2. The Kier molecular flexibility index (Phi) is 25.0. The number of alkyl carbamates (subject to hydrolysis) is 1. The van der Waals surface area contributed by atoms with Gasteiger partial charge < -0.3 is 62.6 Å². The van der Waals surface area contributed by atoms with Gasteiger partial charge in [-0.15, -0.1) is 0 Å². The molecule has 4 aromatic carbocycles. The molecule has 0 saturated carbocycles. The average Bonchev–Trinajstić information content (AvgIpc) is 0.971. The normalized spacial score (nSPS) is 13.9. The van der Waals surface area contributed by atoms with Gasteiger partial charge in [-0.3, -0.25) is 28.8 Å². The number of carbonyl (C=O) groups is 9. The van der Waals surface area contributed by atoms with Gasteiger partial charge in [-0.1, -0.05) is 141 Å². The van der Waals surface area contributed by atoms with Crippen LogP contribution in [0.25, 0.3) is 0 Å². The van der Waals surface area contributed by atoms with Gasteiger partial charge in [0, 0.05) is 60.8 Å². The number of hydrogen-bond donors (Lipinski definition) is 9. The number of para-hydroxylation sites is 1. The number of carboxylic acids is 1. The number of hydrogen-bond acceptors (Lipinski definition) is 11. The fourth-order valence-electron chi connectivity index (χ4n) is 10.3. The Labute approximate surface area is 517 Å². The number of nitrogens with zero attached hydrogens (tertiary/aromatic N) is 2. The second-order valence-corrected chi connectivity index (χ2v) is 24.5. The molecule has 0 aromatic heterocycles. The van der Waals surface area contributed by atoms with Gasteiger partial charge in [0.1, 0.15) is 24.7 Å². The molecule has 21 nitrogen and oxygen atoms in total. The first-order valence-electron chi connectivity index (χ1n) is 29.6. The summed E-state index contributed by atoms with van der Waals surface area (Å²) < 4.78 is 5.53. The first-order valence-corrected chi connectivity index (χ1v) is 29.6. The maximum atomic E-state index is 14.2. The molecule has 0 aliphatic carbocycles. The van der Waals surface area contributed by atoms with E-state index in [0.29, 0.717) is 22.5 Å². The number of carboxylic acid groups (broad SMARTS) is 1. The van der Waals surface area contributed by atoms with Gasteiger partial charge in [0.05, 0.1) is 24.3 Å². The molecule has 5 rings (SSSR count). The molecule has 4 aromatic rings. The number of nitrogens with one attached hydrogen (secondary N) is 7. The summed E-state index contributed by atoms with van der Waals surface area (Å²) in [6.07, 6.45) is 0.874. The van der Waals surface area contributed by atoms with Crippen molar-refractivity contribution in [2.45, 2.75) is 157 Å². The molecule has 88 heavy (non-hydrogen) atoms. The van der Waals surface area contributed by atoms with Crippen molar-refractivity contribution in [1.29, 1.82) is 0 Å². The molecule has 5 atom stereocenters. The summed E-state index contributed by atoms with van der Waals surface area (Å²) in [6, 6.07) is 22.0. The lowest BCUT2D eigenvalue weighted by Gasteiger charge is -2.40. The zero-order valence-electron chi connectivity index (χ0n) is 52.9. The Morgan fingerprint density at radius 1 is 0.773 bits per heavy atom. The molecule has 21 heteroatoms. The third-order valence-electron chi connectivity index (χ3n) is 15.6. The molecule has 0 spiro atoms. The predicted molar refractivity (Wildman–Crippen MR) is 338 cm³/mol. The van der Waals surface area contributed by atoms with Gasteiger partial charge in [0.25, 0.3) is 0 Å². The number of carbonyl (C=O) groups excluding carboxylic acids is 8. The number of amides is 9. The van der Waals surface area contributed by atoms with Crippen LogP contribution < -0.4 is 47.9 Å². The Morgan fingerprint density at radius 2 is 1.42 bits per heavy atom. The van der Waals surface area contributed by atoms with Crippen LogP contribution in [0.3, 0.4) is 0 Å². The number of fused-ring (bicyclic) bond motifs is 2. The van der Waals surface area contributed by atoms with Crippen LogP contribution in [-0.2, 0) is 63.4 Å². The van der Waals surface area contributed by atoms with Crippen molar-refractivity contribution in [2.24, 2.45) is 23.0 Å². The zero-order chi connectivity index (χ0) is 65.2. The van der Waals surface area contributed by atoms with E-state index in [0.717, 1.165) is 27.8 Å². The van der Waals surface area contributed by atoms with E-state index in [-0.39, 0.29) is 75.2 Å². The monoisotopic (exact) mass is 1210 g/mol. The van der Waals surface area contributed by atoms with Crippen LogP contribution in [0.5, 0.6) is 0 Å². The summed E-state index contributed by atoms with van der Waals surface area (Å²) in [5.41, 5.74) is 10.3. The number of benzene rings is 4. The SMILES string of the molecule is CN[C@H](C(=O)N[C@H](C(=O)N(C)[C@H](/C=C(\C)C(=O)O)C(C)C)C(C)(C)C)C(C)(C)c1ccc(CNC(=O)OCc2ccc(NC(=O)[C@H](CCCNC(N)=O)NC(=O)[C@@H](NC(=O)CCC(=O)N3Cc4ccccc4C#Cc4ccccc43)C(C)C)cc2)c(C)c1. The molecule has 0 unspecified atom stereocenters. The molecule has 0 radical (unpaired) electrons. The van der Waals surface area contributed by atoms with Crippen molar-refractivity contribution in [3.63, 3.8) is 0 Å². The van der Waals surface area contributed by atoms with Gasteiger partial charge >= 0.3 is 18.1 Å². The number of likely N-dealkylation sites (N-methyl/N-ethyl adjacent to an activating group) is 2. The fourth-order valence-corrected chi connectivity index (χ4v) is 10.3. The number of primary amides is 1. The lowest BCUT2D eigenvalue weighted by Crippen LogP contribution is -2.61. The molecule has 10 N–H and O–H groups in total. The van der Waals surface area contributed by atoms with Crippen LogP contribution in [-0.4, -0.2) is 114 Å². The summed E-state index contributed by atoms with van der Waals surface area (Å²) in [4.78, 5) is 123. The number of ether oxygens (including phenoxy) is 1. The van der Waals surface area contributed by atoms with Crippen molar-refractivity contribution >= 4 is 64.9 Å². The van der Waals surface area contributed by atoms with Crippen LogP contribution in [0, 0.1) is 36.0 Å². The first-order chi connectivity index (χ1) is 41.4. The third kappa shape index (κ3) is 19.5. The van der Waals surface area contributed by atoms with E-state index in [4.69, 9.17) is 10.5 Å². The highest BCUT2D eigenvalue weighted by Crippen LogP contribution is 2.32. The van der Waals surface area contributed by atoms with E-state index in [1.807, 2.05) is 122 Å². The zero-order valence-corrected chi connectivity index (χ0v) is 52.9. The second-order valence-electron chi connectivity index (χ2n) is 24.5. The first kappa shape index (κ1) is 69.7. The van der Waals surface area contributed by atoms with Crippen molar-refractivity contribution in [3.8, 4) is 11.8 Å². The van der Waals surface area contributed by atoms with Crippen molar-refractivity contribution in [1.82, 2.24) is 36.8 Å². The van der Waals surface area contributed by atoms with Crippen LogP contribution in [0.1, 0.15) is 134 Å². The lowest BCUT2D eigenvalue weighted by atomic mass is 9.76. The van der Waals surface area contributed by atoms with E-state index in [2.05, 4.69) is 49.1 Å². The maximum Gasteiger partial charge on any atom is 0.407 e. The summed E-state index contributed by atoms with van der Waals surface area (Å²) in [6.45, 7) is 20.5. The van der Waals surface area contributed by atoms with E-state index >= 15 is 0 Å². The standard InChI is InChI=1S/C67H88N10O11/c1-40(2)53(36-43(6)63(84)85)76(13)62(83)58(66(7,8)9)75-61(82)57(69-12)67(10,11)49-29-28-47(42(5)35-49)37-71-65(87)88-39-44-24-30-50(31-25-44)72-59(80)51(22-18-34-70-64(68)86)73-60(81)56(41(3)4)74-54(78)32-33-55(79)77-38-48-21-15-14-19-45(48)26-27-46-20-16-17-23-52(46)77/h14-17,19-21,23-25,28-31,35-36,40-41,51,53,56-58,69H,18,22,32-34,37-39H2,1-13H3,(H,71,87)(H,72,80)(H,73,81)(H,74,78)(H,75,82)(H,84,85)(H3,68,70,86)/b43-36+/t51-,53+,56-,57+,58+/m0/s1. The topological polar surface area (TPSA) is 300 Å². The smallest absolute Gasteiger partial charge is 0.407 e. The molecule has 9 amide bonds. The van der Waals surface area contributed by atoms with Crippen molar-refractivity contribution in [3.05, 3.63) is 142 Å². The van der Waals surface area contributed by atoms with Crippen LogP contribution >= 0.6 is 0 Å². The second kappa shape index (κ2) is 31.6. The quantitative estimate of drug-likeness (QED) is 0.0165. The summed E-state index contributed by atoms with van der Waals surface area (Å²) in [7, 11) is 3.30. The van der Waals surface area contributed by atoms with E-state index in [9.17, 15) is 48.3 Å². The molecular formula is C67H88N10O11. The van der Waals surface area contributed by atoms with E-state index < -0.39 is 88.7 Å². The summed E-state index contributed by atoms with van der Waals surface area (Å²) >= 11 is 0. The van der Waals surface area contributed by atoms with Gasteiger partial charge in [-0.05, 0) is 109 Å². The third-order valence-corrected chi connectivity index (χ3v) is 15.6. The summed E-state index contributed by atoms with van der Waals surface area (Å²) in [5, 5.41) is 29.4. The minimum atomic E-state index is -1.11. The molecule has 1 aliphatic rings. The predicted octanol–water partition coefficient (Wildman–Crippen LogP) is 7.07. The highest BCUT2D eigenvalue weighted by atomic mass is 16.5. The summed E-state index contributed by atoms with van der Waals surface area (Å²) in [5.74, 6) is 1.98. The number of aliphatic carboxylic acids is 1. The lowest BCUT2D eigenvalue weighted by molar-refractivity contribution is -0.141. The average molecular weight is 1210 g/mol. The van der Waals surface area contributed by atoms with Gasteiger partial charge in [0.2, 0.25) is 35.4 Å². The maximum absolute atomic E-state index is 14.2.